The Morgan fingerprint density at radius 3 is 2.26 bits per heavy atom. The Balaban J connectivity index is 1.54. The molecule has 1 aromatic heterocycles. The third-order valence-corrected chi connectivity index (χ3v) is 5.36. The predicted octanol–water partition coefficient (Wildman–Crippen LogP) is 2.96. The summed E-state index contributed by atoms with van der Waals surface area (Å²) in [6.45, 7) is 3.87. The van der Waals surface area contributed by atoms with Gasteiger partial charge in [-0.25, -0.2) is 0 Å². The Bertz CT molecular complexity index is 881. The molecule has 0 radical (unpaired) electrons. The van der Waals surface area contributed by atoms with Crippen LogP contribution in [0.1, 0.15) is 20.8 Å². The second kappa shape index (κ2) is 8.13. The molecule has 0 bridgehead atoms. The van der Waals surface area contributed by atoms with Gasteiger partial charge in [-0.05, 0) is 31.2 Å². The van der Waals surface area contributed by atoms with E-state index in [1.807, 2.05) is 31.2 Å². The lowest BCUT2D eigenvalue weighted by atomic mass is 10.1. The van der Waals surface area contributed by atoms with Crippen molar-refractivity contribution in [2.24, 2.45) is 0 Å². The Hall–Kier alpha value is -3.00. The van der Waals surface area contributed by atoms with Crippen LogP contribution in [-0.4, -0.2) is 52.7 Å². The van der Waals surface area contributed by atoms with Crippen molar-refractivity contribution in [3.63, 3.8) is 0 Å². The van der Waals surface area contributed by atoms with Gasteiger partial charge in [0, 0.05) is 48.8 Å². The van der Waals surface area contributed by atoms with Crippen LogP contribution in [0, 0.1) is 17.0 Å². The van der Waals surface area contributed by atoms with E-state index in [1.54, 1.807) is 21.9 Å². The van der Waals surface area contributed by atoms with Crippen LogP contribution >= 0.6 is 11.3 Å². The van der Waals surface area contributed by atoms with Crippen molar-refractivity contribution in [2.75, 3.05) is 26.2 Å². The van der Waals surface area contributed by atoms with Crippen LogP contribution in [0.4, 0.5) is 5.00 Å². The summed E-state index contributed by atoms with van der Waals surface area (Å²) >= 11 is 1.02. The molecule has 2 heterocycles. The van der Waals surface area contributed by atoms with Crippen molar-refractivity contribution in [2.45, 2.75) is 6.92 Å². The van der Waals surface area contributed by atoms with Crippen molar-refractivity contribution in [3.8, 4) is 0 Å². The van der Waals surface area contributed by atoms with Crippen LogP contribution < -0.4 is 0 Å². The molecule has 0 aliphatic carbocycles. The van der Waals surface area contributed by atoms with Gasteiger partial charge < -0.3 is 9.80 Å². The SMILES string of the molecule is Cc1ccc(C(=O)N2CCN(C(=O)/C=C/c3ccc([N+](=O)[O-])s3)CC2)cc1. The third-order valence-electron chi connectivity index (χ3n) is 4.36. The second-order valence-electron chi connectivity index (χ2n) is 6.25. The molecule has 1 fully saturated rings. The number of thiophene rings is 1. The zero-order chi connectivity index (χ0) is 19.4. The molecule has 0 unspecified atom stereocenters. The molecule has 2 aromatic rings. The number of aryl methyl sites for hydroxylation is 1. The standard InChI is InChI=1S/C19H19N3O4S/c1-14-2-4-15(5-3-14)19(24)21-12-10-20(11-13-21)17(23)8-6-16-7-9-18(27-16)22(25)26/h2-9H,10-13H2,1H3/b8-6+. The first kappa shape index (κ1) is 18.8. The van der Waals surface area contributed by atoms with Crippen LogP contribution in [0.15, 0.2) is 42.5 Å². The van der Waals surface area contributed by atoms with Crippen molar-refractivity contribution in [1.29, 1.82) is 0 Å². The summed E-state index contributed by atoms with van der Waals surface area (Å²) in [4.78, 5) is 39.1. The molecule has 1 aliphatic rings. The van der Waals surface area contributed by atoms with Crippen molar-refractivity contribution in [1.82, 2.24) is 9.80 Å². The van der Waals surface area contributed by atoms with E-state index in [0.717, 1.165) is 16.9 Å². The molecule has 140 valence electrons. The number of hydrogen-bond acceptors (Lipinski definition) is 5. The highest BCUT2D eigenvalue weighted by molar-refractivity contribution is 7.16. The molecule has 1 aromatic carbocycles. The number of nitro groups is 1. The molecule has 0 spiro atoms. The lowest BCUT2D eigenvalue weighted by Crippen LogP contribution is -2.50. The summed E-state index contributed by atoms with van der Waals surface area (Å²) in [5, 5.41) is 10.7. The summed E-state index contributed by atoms with van der Waals surface area (Å²) in [7, 11) is 0. The van der Waals surface area contributed by atoms with E-state index in [4.69, 9.17) is 0 Å². The predicted molar refractivity (Wildman–Crippen MR) is 104 cm³/mol. The average Bonchev–Trinajstić information content (AvgIpc) is 3.16. The highest BCUT2D eigenvalue weighted by atomic mass is 32.1. The Labute approximate surface area is 160 Å². The molecular weight excluding hydrogens is 366 g/mol. The zero-order valence-electron chi connectivity index (χ0n) is 14.8. The Morgan fingerprint density at radius 1 is 1.04 bits per heavy atom. The minimum Gasteiger partial charge on any atom is -0.336 e. The Kier molecular flexibility index (Phi) is 5.66. The molecule has 0 atom stereocenters. The lowest BCUT2D eigenvalue weighted by molar-refractivity contribution is -0.380. The molecule has 0 saturated carbocycles. The maximum atomic E-state index is 12.5. The smallest absolute Gasteiger partial charge is 0.324 e. The number of carbonyl (C=O) groups excluding carboxylic acids is 2. The number of carbonyl (C=O) groups is 2. The lowest BCUT2D eigenvalue weighted by Gasteiger charge is -2.34. The average molecular weight is 385 g/mol. The zero-order valence-corrected chi connectivity index (χ0v) is 15.6. The maximum Gasteiger partial charge on any atom is 0.324 e. The van der Waals surface area contributed by atoms with Crippen LogP contribution in [0.3, 0.4) is 0 Å². The van der Waals surface area contributed by atoms with E-state index in [1.165, 1.54) is 12.1 Å². The maximum absolute atomic E-state index is 12.5. The number of piperazine rings is 1. The van der Waals surface area contributed by atoms with E-state index in [2.05, 4.69) is 0 Å². The fourth-order valence-electron chi connectivity index (χ4n) is 2.80. The Morgan fingerprint density at radius 2 is 1.67 bits per heavy atom. The molecular formula is C19H19N3O4S. The summed E-state index contributed by atoms with van der Waals surface area (Å²) in [5.74, 6) is -0.183. The van der Waals surface area contributed by atoms with E-state index in [9.17, 15) is 19.7 Å². The number of nitrogens with zero attached hydrogens (tertiary/aromatic N) is 3. The number of benzene rings is 1. The van der Waals surface area contributed by atoms with Crippen molar-refractivity contribution < 1.29 is 14.5 Å². The molecule has 0 N–H and O–H groups in total. The first-order valence-corrected chi connectivity index (χ1v) is 9.33. The van der Waals surface area contributed by atoms with Gasteiger partial charge in [0.05, 0.1) is 4.92 Å². The molecule has 27 heavy (non-hydrogen) atoms. The summed E-state index contributed by atoms with van der Waals surface area (Å²) in [6, 6.07) is 10.5. The van der Waals surface area contributed by atoms with Gasteiger partial charge >= 0.3 is 5.00 Å². The van der Waals surface area contributed by atoms with E-state index in [0.29, 0.717) is 36.6 Å². The summed E-state index contributed by atoms with van der Waals surface area (Å²) < 4.78 is 0. The number of rotatable bonds is 4. The highest BCUT2D eigenvalue weighted by Crippen LogP contribution is 2.24. The van der Waals surface area contributed by atoms with E-state index in [-0.39, 0.29) is 16.8 Å². The molecule has 1 aliphatic heterocycles. The van der Waals surface area contributed by atoms with Gasteiger partial charge in [0.25, 0.3) is 5.91 Å². The van der Waals surface area contributed by atoms with Gasteiger partial charge in [0.15, 0.2) is 0 Å². The van der Waals surface area contributed by atoms with Crippen LogP contribution in [-0.2, 0) is 4.79 Å². The first-order chi connectivity index (χ1) is 12.9. The number of hydrogen-bond donors (Lipinski definition) is 0. The normalized spacial score (nSPS) is 14.6. The largest absolute Gasteiger partial charge is 0.336 e. The van der Waals surface area contributed by atoms with Gasteiger partial charge in [-0.1, -0.05) is 29.0 Å². The van der Waals surface area contributed by atoms with Gasteiger partial charge in [-0.15, -0.1) is 0 Å². The van der Waals surface area contributed by atoms with E-state index >= 15 is 0 Å². The molecule has 7 nitrogen and oxygen atoms in total. The number of amides is 2. The van der Waals surface area contributed by atoms with Crippen LogP contribution in [0.5, 0.6) is 0 Å². The molecule has 2 amide bonds. The molecule has 8 heteroatoms. The third kappa shape index (κ3) is 4.59. The van der Waals surface area contributed by atoms with Crippen molar-refractivity contribution in [3.05, 3.63) is 68.6 Å². The summed E-state index contributed by atoms with van der Waals surface area (Å²) in [6.07, 6.45) is 3.01. The van der Waals surface area contributed by atoms with Crippen LogP contribution in [0.25, 0.3) is 6.08 Å². The monoisotopic (exact) mass is 385 g/mol. The fourth-order valence-corrected chi connectivity index (χ4v) is 3.52. The summed E-state index contributed by atoms with van der Waals surface area (Å²) in [5.41, 5.74) is 1.75. The molecule has 1 saturated heterocycles. The molecule has 3 rings (SSSR count). The van der Waals surface area contributed by atoms with Gasteiger partial charge in [0.2, 0.25) is 5.91 Å². The van der Waals surface area contributed by atoms with Gasteiger partial charge in [-0.3, -0.25) is 19.7 Å². The van der Waals surface area contributed by atoms with Gasteiger partial charge in [0.1, 0.15) is 0 Å². The topological polar surface area (TPSA) is 83.8 Å². The quantitative estimate of drug-likeness (QED) is 0.460. The fraction of sp³-hybridized carbons (Fsp3) is 0.263. The first-order valence-electron chi connectivity index (χ1n) is 8.51. The minimum absolute atomic E-state index is 0.0245. The van der Waals surface area contributed by atoms with Crippen LogP contribution in [0.2, 0.25) is 0 Å². The van der Waals surface area contributed by atoms with Gasteiger partial charge in [-0.2, -0.15) is 0 Å². The van der Waals surface area contributed by atoms with Crippen molar-refractivity contribution >= 4 is 34.2 Å². The van der Waals surface area contributed by atoms with E-state index < -0.39 is 4.92 Å². The highest BCUT2D eigenvalue weighted by Gasteiger charge is 2.23. The second-order valence-corrected chi connectivity index (χ2v) is 7.34. The minimum atomic E-state index is -0.450.